The third kappa shape index (κ3) is 5.82. The predicted octanol–water partition coefficient (Wildman–Crippen LogP) is 2.91. The zero-order valence-corrected chi connectivity index (χ0v) is 17.4. The summed E-state index contributed by atoms with van der Waals surface area (Å²) in [4.78, 5) is 4.74. The molecule has 148 valence electrons. The predicted molar refractivity (Wildman–Crippen MR) is 111 cm³/mol. The van der Waals surface area contributed by atoms with Gasteiger partial charge in [0, 0.05) is 32.4 Å². The number of ether oxygens (including phenoxy) is 1. The van der Waals surface area contributed by atoms with E-state index in [1.807, 2.05) is 29.9 Å². The molecule has 0 aliphatic carbocycles. The van der Waals surface area contributed by atoms with E-state index in [9.17, 15) is 0 Å². The second-order valence-electron chi connectivity index (χ2n) is 6.88. The Morgan fingerprint density at radius 2 is 1.96 bits per heavy atom. The van der Waals surface area contributed by atoms with Crippen molar-refractivity contribution in [3.8, 4) is 0 Å². The monoisotopic (exact) mass is 371 g/mol. The van der Waals surface area contributed by atoms with Crippen LogP contribution in [0.25, 0.3) is 0 Å². The van der Waals surface area contributed by atoms with Crippen molar-refractivity contribution < 1.29 is 4.74 Å². The van der Waals surface area contributed by atoms with Crippen LogP contribution in [0.5, 0.6) is 0 Å². The molecule has 0 bridgehead atoms. The molecule has 2 aromatic rings. The van der Waals surface area contributed by atoms with Gasteiger partial charge in [0.1, 0.15) is 6.10 Å². The van der Waals surface area contributed by atoms with E-state index in [-0.39, 0.29) is 12.1 Å². The van der Waals surface area contributed by atoms with Gasteiger partial charge in [-0.15, -0.1) is 0 Å². The summed E-state index contributed by atoms with van der Waals surface area (Å²) in [7, 11) is 3.72. The summed E-state index contributed by atoms with van der Waals surface area (Å²) in [6.07, 6.45) is 0.849. The molecule has 2 unspecified atom stereocenters. The topological polar surface area (TPSA) is 63.5 Å². The van der Waals surface area contributed by atoms with E-state index in [4.69, 9.17) is 9.73 Å². The van der Waals surface area contributed by atoms with Gasteiger partial charge in [0.25, 0.3) is 0 Å². The van der Waals surface area contributed by atoms with Gasteiger partial charge in [-0.25, -0.2) is 0 Å². The number of hydrogen-bond donors (Lipinski definition) is 2. The minimum atomic E-state index is -0.0558. The second-order valence-corrected chi connectivity index (χ2v) is 6.88. The van der Waals surface area contributed by atoms with Crippen molar-refractivity contribution >= 4 is 5.96 Å². The van der Waals surface area contributed by atoms with Crippen molar-refractivity contribution in [1.82, 2.24) is 20.4 Å². The Bertz CT molecular complexity index is 739. The van der Waals surface area contributed by atoms with Gasteiger partial charge in [-0.2, -0.15) is 5.10 Å². The maximum absolute atomic E-state index is 5.63. The lowest BCUT2D eigenvalue weighted by atomic mass is 10.1. The van der Waals surface area contributed by atoms with E-state index in [1.165, 1.54) is 11.3 Å². The van der Waals surface area contributed by atoms with Crippen LogP contribution >= 0.6 is 0 Å². The molecule has 1 aromatic carbocycles. The Kier molecular flexibility index (Phi) is 7.85. The Morgan fingerprint density at radius 1 is 1.26 bits per heavy atom. The fourth-order valence-electron chi connectivity index (χ4n) is 3.18. The minimum Gasteiger partial charge on any atom is -0.375 e. The molecule has 0 saturated carbocycles. The number of aryl methyl sites for hydroxylation is 2. The third-order valence-electron chi connectivity index (χ3n) is 4.77. The number of hydrogen-bond acceptors (Lipinski definition) is 3. The van der Waals surface area contributed by atoms with Crippen LogP contribution in [0.2, 0.25) is 0 Å². The number of aliphatic imine (C=N–C) groups is 1. The van der Waals surface area contributed by atoms with E-state index in [0.29, 0.717) is 6.54 Å². The Balaban J connectivity index is 2.03. The molecule has 0 saturated heterocycles. The van der Waals surface area contributed by atoms with Gasteiger partial charge < -0.3 is 15.4 Å². The van der Waals surface area contributed by atoms with Crippen molar-refractivity contribution in [2.75, 3.05) is 20.2 Å². The molecular weight excluding hydrogens is 338 g/mol. The Morgan fingerprint density at radius 3 is 2.52 bits per heavy atom. The maximum Gasteiger partial charge on any atom is 0.191 e. The fourth-order valence-corrected chi connectivity index (χ4v) is 3.18. The van der Waals surface area contributed by atoms with E-state index in [1.54, 1.807) is 7.11 Å². The summed E-state index contributed by atoms with van der Waals surface area (Å²) < 4.78 is 7.57. The van der Waals surface area contributed by atoms with Gasteiger partial charge >= 0.3 is 0 Å². The lowest BCUT2D eigenvalue weighted by Crippen LogP contribution is -2.43. The molecule has 0 spiro atoms. The van der Waals surface area contributed by atoms with Gasteiger partial charge in [-0.3, -0.25) is 9.67 Å². The molecule has 1 aromatic heterocycles. The third-order valence-corrected chi connectivity index (χ3v) is 4.77. The van der Waals surface area contributed by atoms with Gasteiger partial charge in [0.2, 0.25) is 0 Å². The zero-order valence-electron chi connectivity index (χ0n) is 17.4. The van der Waals surface area contributed by atoms with Crippen molar-refractivity contribution in [1.29, 1.82) is 0 Å². The average Bonchev–Trinajstić information content (AvgIpc) is 2.89. The largest absolute Gasteiger partial charge is 0.375 e. The highest BCUT2D eigenvalue weighted by Gasteiger charge is 2.15. The van der Waals surface area contributed by atoms with Crippen LogP contribution in [0.1, 0.15) is 42.5 Å². The number of nitrogens with zero attached hydrogens (tertiary/aromatic N) is 3. The van der Waals surface area contributed by atoms with Crippen LogP contribution in [0.3, 0.4) is 0 Å². The van der Waals surface area contributed by atoms with Crippen molar-refractivity contribution in [2.45, 2.75) is 46.3 Å². The molecule has 27 heavy (non-hydrogen) atoms. The van der Waals surface area contributed by atoms with Crippen LogP contribution < -0.4 is 10.6 Å². The van der Waals surface area contributed by atoms with E-state index < -0.39 is 0 Å². The number of aromatic nitrogens is 2. The molecule has 0 radical (unpaired) electrons. The number of methoxy groups -OCH3 is 1. The van der Waals surface area contributed by atoms with Gasteiger partial charge in [0.15, 0.2) is 5.96 Å². The average molecular weight is 372 g/mol. The summed E-state index contributed by atoms with van der Waals surface area (Å²) in [6.45, 7) is 9.80. The van der Waals surface area contributed by atoms with E-state index in [0.717, 1.165) is 30.2 Å². The molecule has 0 amide bonds. The van der Waals surface area contributed by atoms with Gasteiger partial charge in [-0.05, 0) is 45.2 Å². The van der Waals surface area contributed by atoms with Crippen LogP contribution in [-0.4, -0.2) is 42.0 Å². The molecule has 6 nitrogen and oxygen atoms in total. The summed E-state index contributed by atoms with van der Waals surface area (Å²) in [5.41, 5.74) is 4.74. The molecular formula is C21H33N5O. The number of rotatable bonds is 8. The van der Waals surface area contributed by atoms with Crippen LogP contribution in [-0.2, 0) is 18.2 Å². The Labute approximate surface area is 163 Å². The molecule has 2 N–H and O–H groups in total. The highest BCUT2D eigenvalue weighted by atomic mass is 16.5. The maximum atomic E-state index is 5.63. The lowest BCUT2D eigenvalue weighted by molar-refractivity contribution is 0.111. The molecule has 0 aliphatic heterocycles. The van der Waals surface area contributed by atoms with Crippen LogP contribution in [0, 0.1) is 13.8 Å². The van der Waals surface area contributed by atoms with E-state index >= 15 is 0 Å². The number of guanidine groups is 1. The number of benzene rings is 1. The van der Waals surface area contributed by atoms with Crippen LogP contribution in [0.15, 0.2) is 35.3 Å². The lowest BCUT2D eigenvalue weighted by Gasteiger charge is -2.19. The summed E-state index contributed by atoms with van der Waals surface area (Å²) in [5, 5.41) is 11.3. The summed E-state index contributed by atoms with van der Waals surface area (Å²) in [6, 6.07) is 10.4. The van der Waals surface area contributed by atoms with Crippen LogP contribution in [0.4, 0.5) is 0 Å². The number of nitrogens with one attached hydrogen (secondary N) is 2. The molecule has 0 aliphatic rings. The first-order chi connectivity index (χ1) is 13.0. The normalized spacial score (nSPS) is 14.1. The van der Waals surface area contributed by atoms with E-state index in [2.05, 4.69) is 55.6 Å². The summed E-state index contributed by atoms with van der Waals surface area (Å²) in [5.74, 6) is 0.808. The fraction of sp³-hybridized carbons (Fsp3) is 0.524. The minimum absolute atomic E-state index is 0.0558. The van der Waals surface area contributed by atoms with Gasteiger partial charge in [0.05, 0.1) is 12.2 Å². The quantitative estimate of drug-likeness (QED) is 0.553. The first-order valence-corrected chi connectivity index (χ1v) is 9.57. The van der Waals surface area contributed by atoms with Crippen molar-refractivity contribution in [2.24, 2.45) is 12.0 Å². The zero-order chi connectivity index (χ0) is 19.8. The molecule has 2 rings (SSSR count). The second kappa shape index (κ2) is 10.1. The van der Waals surface area contributed by atoms with Crippen molar-refractivity contribution in [3.05, 3.63) is 52.8 Å². The van der Waals surface area contributed by atoms with Gasteiger partial charge in [-0.1, -0.05) is 30.3 Å². The van der Waals surface area contributed by atoms with Crippen molar-refractivity contribution in [3.63, 3.8) is 0 Å². The highest BCUT2D eigenvalue weighted by Crippen LogP contribution is 2.16. The smallest absolute Gasteiger partial charge is 0.191 e. The molecule has 1 heterocycles. The molecule has 6 heteroatoms. The standard InChI is InChI=1S/C21H33N5O/c1-7-22-21(23-14-20(27-6)18-11-9-8-10-12-18)24-15(2)13-19-16(3)25-26(5)17(19)4/h8-12,15,20H,7,13-14H2,1-6H3,(H2,22,23,24). The SMILES string of the molecule is CCNC(=NCC(OC)c1ccccc1)NC(C)Cc1c(C)nn(C)c1C. The summed E-state index contributed by atoms with van der Waals surface area (Å²) >= 11 is 0. The first kappa shape index (κ1) is 21.0. The molecule has 0 fully saturated rings. The first-order valence-electron chi connectivity index (χ1n) is 9.57. The highest BCUT2D eigenvalue weighted by molar-refractivity contribution is 5.80. The Hall–Kier alpha value is -2.34. The molecule has 2 atom stereocenters.